The molecule has 1 aromatic rings. The first-order valence-corrected chi connectivity index (χ1v) is 7.53. The molecule has 1 atom stereocenters. The van der Waals surface area contributed by atoms with Gasteiger partial charge in [0.25, 0.3) is 0 Å². The number of benzene rings is 1. The van der Waals surface area contributed by atoms with Crippen LogP contribution in [-0.4, -0.2) is 35.6 Å². The van der Waals surface area contributed by atoms with E-state index in [9.17, 15) is 4.79 Å². The Bertz CT molecular complexity index is 521. The van der Waals surface area contributed by atoms with Gasteiger partial charge in [-0.25, -0.2) is 4.79 Å². The molecule has 5 nitrogen and oxygen atoms in total. The Kier molecular flexibility index (Phi) is 5.38. The molecule has 1 unspecified atom stereocenters. The Morgan fingerprint density at radius 1 is 1.52 bits per heavy atom. The van der Waals surface area contributed by atoms with Crippen molar-refractivity contribution in [3.05, 3.63) is 24.3 Å². The molecule has 114 valence electrons. The van der Waals surface area contributed by atoms with Crippen molar-refractivity contribution in [1.29, 1.82) is 0 Å². The summed E-state index contributed by atoms with van der Waals surface area (Å²) in [6.45, 7) is 3.91. The highest BCUT2D eigenvalue weighted by molar-refractivity contribution is 7.80. The van der Waals surface area contributed by atoms with Crippen molar-refractivity contribution < 1.29 is 9.53 Å². The minimum atomic E-state index is -0.0899. The van der Waals surface area contributed by atoms with Crippen molar-refractivity contribution in [1.82, 2.24) is 4.90 Å². The van der Waals surface area contributed by atoms with Crippen LogP contribution in [0.15, 0.2) is 24.3 Å². The van der Waals surface area contributed by atoms with Crippen LogP contribution in [0.5, 0.6) is 5.75 Å². The third-order valence-corrected chi connectivity index (χ3v) is 3.56. The number of amides is 2. The first-order chi connectivity index (χ1) is 10.1. The highest BCUT2D eigenvalue weighted by Gasteiger charge is 2.21. The number of hydrogen-bond acceptors (Lipinski definition) is 3. The molecule has 1 fully saturated rings. The number of thiocarbonyl (C=S) groups is 1. The Balaban J connectivity index is 2.01. The number of carbonyl (C=O) groups is 1. The number of anilines is 1. The number of hydrogen-bond donors (Lipinski definition) is 2. The van der Waals surface area contributed by atoms with E-state index >= 15 is 0 Å². The lowest BCUT2D eigenvalue weighted by molar-refractivity contribution is 0.182. The summed E-state index contributed by atoms with van der Waals surface area (Å²) in [5, 5.41) is 2.90. The molecule has 6 heteroatoms. The maximum atomic E-state index is 12.3. The summed E-state index contributed by atoms with van der Waals surface area (Å²) in [5.74, 6) is 1.12. The van der Waals surface area contributed by atoms with E-state index in [2.05, 4.69) is 12.2 Å². The van der Waals surface area contributed by atoms with Gasteiger partial charge in [0.1, 0.15) is 17.3 Å². The summed E-state index contributed by atoms with van der Waals surface area (Å²) in [6, 6.07) is 7.19. The van der Waals surface area contributed by atoms with E-state index in [0.29, 0.717) is 17.4 Å². The van der Waals surface area contributed by atoms with Crippen LogP contribution in [0.1, 0.15) is 19.8 Å². The van der Waals surface area contributed by atoms with Gasteiger partial charge < -0.3 is 20.7 Å². The number of carbonyl (C=O) groups excluding carboxylic acids is 1. The smallest absolute Gasteiger partial charge is 0.321 e. The maximum absolute atomic E-state index is 12.3. The van der Waals surface area contributed by atoms with Crippen LogP contribution in [0.25, 0.3) is 0 Å². The molecule has 3 N–H and O–H groups in total. The Morgan fingerprint density at radius 3 is 3.00 bits per heavy atom. The summed E-state index contributed by atoms with van der Waals surface area (Å²) < 4.78 is 5.51. The Hall–Kier alpha value is -1.82. The summed E-state index contributed by atoms with van der Waals surface area (Å²) in [5.41, 5.74) is 6.07. The Morgan fingerprint density at radius 2 is 2.29 bits per heavy atom. The molecule has 0 saturated carbocycles. The fourth-order valence-corrected chi connectivity index (χ4v) is 2.47. The molecule has 1 heterocycles. The van der Waals surface area contributed by atoms with Crippen molar-refractivity contribution in [2.75, 3.05) is 25.0 Å². The monoisotopic (exact) mass is 307 g/mol. The molecule has 0 bridgehead atoms. The minimum absolute atomic E-state index is 0.0899. The minimum Gasteiger partial charge on any atom is -0.484 e. The largest absolute Gasteiger partial charge is 0.484 e. The van der Waals surface area contributed by atoms with Crippen molar-refractivity contribution in [2.24, 2.45) is 11.7 Å². The summed E-state index contributed by atoms with van der Waals surface area (Å²) >= 11 is 4.80. The second-order valence-electron chi connectivity index (χ2n) is 5.37. The lowest BCUT2D eigenvalue weighted by Gasteiger charge is -2.31. The van der Waals surface area contributed by atoms with Gasteiger partial charge in [-0.05, 0) is 30.9 Å². The van der Waals surface area contributed by atoms with E-state index < -0.39 is 0 Å². The summed E-state index contributed by atoms with van der Waals surface area (Å²) in [4.78, 5) is 14.4. The first-order valence-electron chi connectivity index (χ1n) is 7.12. The zero-order valence-electron chi connectivity index (χ0n) is 12.2. The van der Waals surface area contributed by atoms with E-state index in [1.54, 1.807) is 12.1 Å². The fraction of sp³-hybridized carbons (Fsp3) is 0.467. The maximum Gasteiger partial charge on any atom is 0.321 e. The lowest BCUT2D eigenvalue weighted by atomic mass is 10.0. The van der Waals surface area contributed by atoms with E-state index in [1.165, 1.54) is 6.42 Å². The van der Waals surface area contributed by atoms with Crippen LogP contribution in [0.4, 0.5) is 10.5 Å². The second kappa shape index (κ2) is 7.26. The third kappa shape index (κ3) is 4.60. The first kappa shape index (κ1) is 15.6. The number of nitrogens with zero attached hydrogens (tertiary/aromatic N) is 1. The Labute approximate surface area is 130 Å². The molecule has 0 aliphatic carbocycles. The van der Waals surface area contributed by atoms with Crippen LogP contribution in [0.3, 0.4) is 0 Å². The van der Waals surface area contributed by atoms with Gasteiger partial charge in [0.05, 0.1) is 5.69 Å². The highest BCUT2D eigenvalue weighted by atomic mass is 32.1. The van der Waals surface area contributed by atoms with Crippen molar-refractivity contribution in [3.8, 4) is 5.75 Å². The normalized spacial score (nSPS) is 18.1. The fourth-order valence-electron chi connectivity index (χ4n) is 2.41. The topological polar surface area (TPSA) is 67.6 Å². The van der Waals surface area contributed by atoms with E-state index in [4.69, 9.17) is 22.7 Å². The van der Waals surface area contributed by atoms with Gasteiger partial charge in [-0.3, -0.25) is 0 Å². The van der Waals surface area contributed by atoms with Gasteiger partial charge in [0.2, 0.25) is 0 Å². The molecule has 21 heavy (non-hydrogen) atoms. The van der Waals surface area contributed by atoms with Crippen LogP contribution in [0, 0.1) is 5.92 Å². The zero-order chi connectivity index (χ0) is 15.2. The standard InChI is InChI=1S/C15H21N3O2S/c1-11-5-4-8-18(9-11)15(19)17-12-6-2-3-7-13(12)20-10-14(16)21/h2-3,6-7,11H,4-5,8-10H2,1H3,(H2,16,21)(H,17,19). The highest BCUT2D eigenvalue weighted by Crippen LogP contribution is 2.25. The predicted molar refractivity (Wildman–Crippen MR) is 87.7 cm³/mol. The molecule has 1 aromatic carbocycles. The molecular weight excluding hydrogens is 286 g/mol. The number of piperidine rings is 1. The predicted octanol–water partition coefficient (Wildman–Crippen LogP) is 2.62. The van der Waals surface area contributed by atoms with Gasteiger partial charge in [-0.2, -0.15) is 0 Å². The molecule has 1 aliphatic rings. The van der Waals surface area contributed by atoms with Crippen LogP contribution >= 0.6 is 12.2 Å². The van der Waals surface area contributed by atoms with Crippen LogP contribution < -0.4 is 15.8 Å². The molecule has 1 aliphatic heterocycles. The summed E-state index contributed by atoms with van der Waals surface area (Å²) in [6.07, 6.45) is 2.23. The second-order valence-corrected chi connectivity index (χ2v) is 5.90. The van der Waals surface area contributed by atoms with Crippen molar-refractivity contribution >= 4 is 28.9 Å². The van der Waals surface area contributed by atoms with Crippen molar-refractivity contribution in [3.63, 3.8) is 0 Å². The molecule has 1 saturated heterocycles. The summed E-state index contributed by atoms with van der Waals surface area (Å²) in [7, 11) is 0. The number of likely N-dealkylation sites (tertiary alicyclic amines) is 1. The number of nitrogens with two attached hydrogens (primary N) is 1. The number of ether oxygens (including phenoxy) is 1. The van der Waals surface area contributed by atoms with E-state index in [0.717, 1.165) is 19.5 Å². The molecule has 2 rings (SSSR count). The number of urea groups is 1. The van der Waals surface area contributed by atoms with Crippen LogP contribution in [-0.2, 0) is 0 Å². The van der Waals surface area contributed by atoms with Gasteiger partial charge in [-0.1, -0.05) is 31.3 Å². The third-order valence-electron chi connectivity index (χ3n) is 3.44. The van der Waals surface area contributed by atoms with Gasteiger partial charge in [0, 0.05) is 13.1 Å². The number of nitrogens with one attached hydrogen (secondary N) is 1. The van der Waals surface area contributed by atoms with Gasteiger partial charge in [-0.15, -0.1) is 0 Å². The lowest BCUT2D eigenvalue weighted by Crippen LogP contribution is -2.41. The van der Waals surface area contributed by atoms with E-state index in [1.807, 2.05) is 17.0 Å². The molecule has 0 spiro atoms. The van der Waals surface area contributed by atoms with Gasteiger partial charge in [0.15, 0.2) is 0 Å². The van der Waals surface area contributed by atoms with E-state index in [-0.39, 0.29) is 17.6 Å². The molecule has 0 aromatic heterocycles. The SMILES string of the molecule is CC1CCCN(C(=O)Nc2ccccc2OCC(N)=S)C1. The average Bonchev–Trinajstić information content (AvgIpc) is 2.46. The molecular formula is C15H21N3O2S. The van der Waals surface area contributed by atoms with Crippen molar-refractivity contribution in [2.45, 2.75) is 19.8 Å². The number of para-hydroxylation sites is 2. The quantitative estimate of drug-likeness (QED) is 0.839. The average molecular weight is 307 g/mol. The van der Waals surface area contributed by atoms with Gasteiger partial charge >= 0.3 is 6.03 Å². The number of rotatable bonds is 4. The molecule has 2 amide bonds. The van der Waals surface area contributed by atoms with Crippen LogP contribution in [0.2, 0.25) is 0 Å². The molecule has 0 radical (unpaired) electrons. The zero-order valence-corrected chi connectivity index (χ0v) is 13.0.